The van der Waals surface area contributed by atoms with Gasteiger partial charge in [-0.3, -0.25) is 10.1 Å². The normalized spacial score (nSPS) is 10.7. The van der Waals surface area contributed by atoms with Gasteiger partial charge in [-0.15, -0.1) is 0 Å². The van der Waals surface area contributed by atoms with Crippen LogP contribution in [-0.4, -0.2) is 18.1 Å². The molecular formula is C13H11BrF2N2O4. The van der Waals surface area contributed by atoms with E-state index in [1.54, 1.807) is 12.1 Å². The number of nitrogens with zero attached hydrogens (tertiary/aromatic N) is 1. The fourth-order valence-corrected chi connectivity index (χ4v) is 2.12. The largest absolute Gasteiger partial charge is 0.454 e. The Hall–Kier alpha value is -2.16. The highest BCUT2D eigenvalue weighted by Crippen LogP contribution is 2.31. The zero-order chi connectivity index (χ0) is 16.1. The number of nitro groups is 1. The van der Waals surface area contributed by atoms with Gasteiger partial charge in [-0.1, -0.05) is 0 Å². The third-order valence-electron chi connectivity index (χ3n) is 2.70. The van der Waals surface area contributed by atoms with E-state index in [1.807, 2.05) is 0 Å². The monoisotopic (exact) mass is 376 g/mol. The van der Waals surface area contributed by atoms with Gasteiger partial charge in [-0.2, -0.15) is 8.78 Å². The first-order chi connectivity index (χ1) is 10.5. The SMILES string of the molecule is O=[N+]([O-])c1ccc(NCCc2ccc(Br)o2)cc1OC(F)F. The van der Waals surface area contributed by atoms with E-state index in [1.165, 1.54) is 12.1 Å². The van der Waals surface area contributed by atoms with Crippen molar-refractivity contribution >= 4 is 27.3 Å². The van der Waals surface area contributed by atoms with Crippen molar-refractivity contribution in [2.45, 2.75) is 13.0 Å². The standard InChI is InChI=1S/C13H11BrF2N2O4/c14-12-4-2-9(21-12)5-6-17-8-1-3-10(18(19)20)11(7-8)22-13(15)16/h1-4,7,13,17H,5-6H2. The van der Waals surface area contributed by atoms with Crippen molar-refractivity contribution in [3.8, 4) is 5.75 Å². The summed E-state index contributed by atoms with van der Waals surface area (Å²) in [4.78, 5) is 9.98. The van der Waals surface area contributed by atoms with Crippen molar-refractivity contribution < 1.29 is 22.9 Å². The van der Waals surface area contributed by atoms with E-state index in [9.17, 15) is 18.9 Å². The topological polar surface area (TPSA) is 77.5 Å². The zero-order valence-corrected chi connectivity index (χ0v) is 12.7. The van der Waals surface area contributed by atoms with Crippen molar-refractivity contribution in [1.82, 2.24) is 0 Å². The molecule has 0 aliphatic carbocycles. The first kappa shape index (κ1) is 16.2. The molecule has 9 heteroatoms. The maximum atomic E-state index is 12.3. The number of furan rings is 1. The van der Waals surface area contributed by atoms with Crippen molar-refractivity contribution in [2.75, 3.05) is 11.9 Å². The van der Waals surface area contributed by atoms with Crippen LogP contribution in [0.25, 0.3) is 0 Å². The number of alkyl halides is 2. The predicted octanol–water partition coefficient (Wildman–Crippen LogP) is 4.21. The molecule has 1 N–H and O–H groups in total. The molecule has 0 radical (unpaired) electrons. The van der Waals surface area contributed by atoms with Crippen LogP contribution in [0.1, 0.15) is 5.76 Å². The first-order valence-electron chi connectivity index (χ1n) is 6.17. The molecule has 1 aromatic heterocycles. The number of ether oxygens (including phenoxy) is 1. The number of anilines is 1. The number of hydrogen-bond donors (Lipinski definition) is 1. The fourth-order valence-electron chi connectivity index (χ4n) is 1.78. The zero-order valence-electron chi connectivity index (χ0n) is 11.1. The Labute approximate surface area is 132 Å². The Bertz CT molecular complexity index is 663. The van der Waals surface area contributed by atoms with Gasteiger partial charge in [0.15, 0.2) is 4.67 Å². The van der Waals surface area contributed by atoms with Crippen LogP contribution >= 0.6 is 15.9 Å². The highest BCUT2D eigenvalue weighted by atomic mass is 79.9. The van der Waals surface area contributed by atoms with Crippen LogP contribution in [0.4, 0.5) is 20.2 Å². The maximum Gasteiger partial charge on any atom is 0.387 e. The number of hydrogen-bond acceptors (Lipinski definition) is 5. The van der Waals surface area contributed by atoms with Crippen LogP contribution in [0.5, 0.6) is 5.75 Å². The second-order valence-electron chi connectivity index (χ2n) is 4.20. The third-order valence-corrected chi connectivity index (χ3v) is 3.13. The molecule has 0 spiro atoms. The summed E-state index contributed by atoms with van der Waals surface area (Å²) in [5, 5.41) is 13.7. The Morgan fingerprint density at radius 1 is 1.36 bits per heavy atom. The summed E-state index contributed by atoms with van der Waals surface area (Å²) in [7, 11) is 0. The van der Waals surface area contributed by atoms with E-state index >= 15 is 0 Å². The average molecular weight is 377 g/mol. The molecule has 1 aromatic carbocycles. The van der Waals surface area contributed by atoms with Crippen LogP contribution in [0, 0.1) is 10.1 Å². The van der Waals surface area contributed by atoms with Crippen LogP contribution in [-0.2, 0) is 6.42 Å². The summed E-state index contributed by atoms with van der Waals surface area (Å²) in [6.45, 7) is -2.67. The van der Waals surface area contributed by atoms with Crippen LogP contribution in [0.2, 0.25) is 0 Å². The second kappa shape index (κ2) is 7.21. The summed E-state index contributed by atoms with van der Waals surface area (Å²) in [6, 6.07) is 7.27. The van der Waals surface area contributed by atoms with Crippen molar-refractivity contribution in [3.63, 3.8) is 0 Å². The van der Waals surface area contributed by atoms with Gasteiger partial charge in [-0.25, -0.2) is 0 Å². The Kier molecular flexibility index (Phi) is 5.31. The molecule has 0 saturated heterocycles. The quantitative estimate of drug-likeness (QED) is 0.578. The third kappa shape index (κ3) is 4.42. The van der Waals surface area contributed by atoms with Gasteiger partial charge in [0.2, 0.25) is 5.75 Å². The fraction of sp³-hybridized carbons (Fsp3) is 0.231. The second-order valence-corrected chi connectivity index (χ2v) is 4.98. The van der Waals surface area contributed by atoms with Gasteiger partial charge >= 0.3 is 12.3 Å². The molecule has 0 atom stereocenters. The van der Waals surface area contributed by atoms with Gasteiger partial charge in [0.1, 0.15) is 5.76 Å². The van der Waals surface area contributed by atoms with Gasteiger partial charge in [0, 0.05) is 30.8 Å². The Morgan fingerprint density at radius 2 is 2.14 bits per heavy atom. The summed E-state index contributed by atoms with van der Waals surface area (Å²) < 4.78 is 34.7. The molecule has 6 nitrogen and oxygen atoms in total. The lowest BCUT2D eigenvalue weighted by Crippen LogP contribution is -2.07. The van der Waals surface area contributed by atoms with Crippen molar-refractivity contribution in [3.05, 3.63) is 50.9 Å². The van der Waals surface area contributed by atoms with E-state index in [2.05, 4.69) is 26.0 Å². The van der Waals surface area contributed by atoms with Crippen molar-refractivity contribution in [1.29, 1.82) is 0 Å². The van der Waals surface area contributed by atoms with Gasteiger partial charge < -0.3 is 14.5 Å². The molecule has 0 saturated carbocycles. The summed E-state index contributed by atoms with van der Waals surface area (Å²) >= 11 is 3.18. The number of nitrogens with one attached hydrogen (secondary N) is 1. The minimum absolute atomic E-state index is 0.437. The van der Waals surface area contributed by atoms with Gasteiger partial charge in [0.05, 0.1) is 4.92 Å². The van der Waals surface area contributed by atoms with E-state index in [0.29, 0.717) is 23.3 Å². The number of nitro benzene ring substituents is 1. The molecule has 0 fully saturated rings. The minimum Gasteiger partial charge on any atom is -0.454 e. The van der Waals surface area contributed by atoms with Crippen LogP contribution < -0.4 is 10.1 Å². The summed E-state index contributed by atoms with van der Waals surface area (Å²) in [5.41, 5.74) is -0.0762. The molecule has 0 aliphatic rings. The molecule has 0 amide bonds. The van der Waals surface area contributed by atoms with E-state index in [4.69, 9.17) is 4.42 Å². The minimum atomic E-state index is -3.13. The van der Waals surface area contributed by atoms with Gasteiger partial charge in [-0.05, 0) is 34.1 Å². The molecule has 0 unspecified atom stereocenters. The molecule has 2 aromatic rings. The molecule has 22 heavy (non-hydrogen) atoms. The molecule has 2 rings (SSSR count). The average Bonchev–Trinajstić information content (AvgIpc) is 2.83. The molecule has 0 aliphatic heterocycles. The lowest BCUT2D eigenvalue weighted by atomic mass is 10.2. The van der Waals surface area contributed by atoms with Gasteiger partial charge in [0.25, 0.3) is 0 Å². The van der Waals surface area contributed by atoms with Crippen LogP contribution in [0.15, 0.2) is 39.4 Å². The van der Waals surface area contributed by atoms with Crippen molar-refractivity contribution in [2.24, 2.45) is 0 Å². The smallest absolute Gasteiger partial charge is 0.387 e. The lowest BCUT2D eigenvalue weighted by molar-refractivity contribution is -0.386. The predicted molar refractivity (Wildman–Crippen MR) is 78.3 cm³/mol. The molecule has 1 heterocycles. The highest BCUT2D eigenvalue weighted by Gasteiger charge is 2.19. The molecule has 118 valence electrons. The number of halogens is 3. The maximum absolute atomic E-state index is 12.3. The first-order valence-corrected chi connectivity index (χ1v) is 6.96. The van der Waals surface area contributed by atoms with Crippen LogP contribution in [0.3, 0.4) is 0 Å². The Balaban J connectivity index is 2.02. The highest BCUT2D eigenvalue weighted by molar-refractivity contribution is 9.10. The molecular weight excluding hydrogens is 366 g/mol. The Morgan fingerprint density at radius 3 is 2.73 bits per heavy atom. The lowest BCUT2D eigenvalue weighted by Gasteiger charge is -2.09. The summed E-state index contributed by atoms with van der Waals surface area (Å²) in [5.74, 6) is 0.260. The number of benzene rings is 1. The number of rotatable bonds is 7. The van der Waals surface area contributed by atoms with E-state index in [0.717, 1.165) is 11.8 Å². The van der Waals surface area contributed by atoms with E-state index in [-0.39, 0.29) is 0 Å². The molecule has 0 bridgehead atoms. The van der Waals surface area contributed by atoms with E-state index < -0.39 is 23.0 Å². The summed E-state index contributed by atoms with van der Waals surface area (Å²) in [6.07, 6.45) is 0.563.